The Hall–Kier alpha value is -2.04. The lowest BCUT2D eigenvalue weighted by molar-refractivity contribution is -0.137. The Labute approximate surface area is 138 Å². The summed E-state index contributed by atoms with van der Waals surface area (Å²) in [6.45, 7) is 7.30. The number of nitrogens with one attached hydrogen (secondary N) is 1. The van der Waals surface area contributed by atoms with Gasteiger partial charge in [-0.25, -0.2) is 0 Å². The molecule has 23 heavy (non-hydrogen) atoms. The Balaban J connectivity index is 2.22. The lowest BCUT2D eigenvalue weighted by atomic mass is 9.87. The molecule has 0 aliphatic heterocycles. The Morgan fingerprint density at radius 2 is 1.87 bits per heavy atom. The topological polar surface area (TPSA) is 75.6 Å². The van der Waals surface area contributed by atoms with E-state index in [1.807, 2.05) is 18.2 Å². The van der Waals surface area contributed by atoms with Gasteiger partial charge in [0.2, 0.25) is 5.91 Å². The molecule has 0 saturated heterocycles. The summed E-state index contributed by atoms with van der Waals surface area (Å²) in [5.41, 5.74) is 1.28. The van der Waals surface area contributed by atoms with Crippen LogP contribution in [0, 0.1) is 0 Å². The first-order valence-corrected chi connectivity index (χ1v) is 8.01. The molecular weight excluding hydrogens is 294 g/mol. The van der Waals surface area contributed by atoms with Crippen molar-refractivity contribution in [2.45, 2.75) is 51.9 Å². The molecule has 0 aliphatic carbocycles. The van der Waals surface area contributed by atoms with Gasteiger partial charge in [-0.3, -0.25) is 9.59 Å². The summed E-state index contributed by atoms with van der Waals surface area (Å²) < 4.78 is 5.66. The SMILES string of the molecule is CC(C)(C)c1cccc(OCCNC(=O)CCCCC(=O)O)c1. The van der Waals surface area contributed by atoms with Crippen LogP contribution in [0.25, 0.3) is 0 Å². The third kappa shape index (κ3) is 8.24. The molecule has 1 rings (SSSR count). The third-order valence-electron chi connectivity index (χ3n) is 3.44. The van der Waals surface area contributed by atoms with Crippen LogP contribution in [-0.4, -0.2) is 30.1 Å². The van der Waals surface area contributed by atoms with Crippen LogP contribution in [0.3, 0.4) is 0 Å². The summed E-state index contributed by atoms with van der Waals surface area (Å²) in [6.07, 6.45) is 1.58. The van der Waals surface area contributed by atoms with E-state index in [0.717, 1.165) is 5.75 Å². The largest absolute Gasteiger partial charge is 0.492 e. The zero-order valence-corrected chi connectivity index (χ0v) is 14.2. The molecule has 0 atom stereocenters. The quantitative estimate of drug-likeness (QED) is 0.685. The van der Waals surface area contributed by atoms with Crippen molar-refractivity contribution in [1.29, 1.82) is 0 Å². The number of carboxylic acids is 1. The van der Waals surface area contributed by atoms with Crippen molar-refractivity contribution in [3.63, 3.8) is 0 Å². The number of aliphatic carboxylic acids is 1. The van der Waals surface area contributed by atoms with E-state index in [4.69, 9.17) is 9.84 Å². The van der Waals surface area contributed by atoms with Gasteiger partial charge in [-0.05, 0) is 36.0 Å². The maximum absolute atomic E-state index is 11.6. The summed E-state index contributed by atoms with van der Waals surface area (Å²) in [5, 5.41) is 11.3. The maximum Gasteiger partial charge on any atom is 0.303 e. The highest BCUT2D eigenvalue weighted by Crippen LogP contribution is 2.25. The first-order chi connectivity index (χ1) is 10.8. The van der Waals surface area contributed by atoms with Gasteiger partial charge in [0.15, 0.2) is 0 Å². The smallest absolute Gasteiger partial charge is 0.303 e. The van der Waals surface area contributed by atoms with Gasteiger partial charge in [-0.15, -0.1) is 0 Å². The lowest BCUT2D eigenvalue weighted by Crippen LogP contribution is -2.27. The minimum absolute atomic E-state index is 0.0672. The van der Waals surface area contributed by atoms with Crippen molar-refractivity contribution in [3.8, 4) is 5.75 Å². The molecule has 0 aliphatic rings. The molecular formula is C18H27NO4. The Bertz CT molecular complexity index is 520. The Kier molecular flexibility index (Phi) is 7.59. The van der Waals surface area contributed by atoms with E-state index < -0.39 is 5.97 Å². The average Bonchev–Trinajstić information content (AvgIpc) is 2.47. The molecule has 0 heterocycles. The number of hydrogen-bond acceptors (Lipinski definition) is 3. The Morgan fingerprint density at radius 1 is 1.17 bits per heavy atom. The first-order valence-electron chi connectivity index (χ1n) is 8.01. The van der Waals surface area contributed by atoms with Crippen molar-refractivity contribution in [2.24, 2.45) is 0 Å². The van der Waals surface area contributed by atoms with E-state index in [-0.39, 0.29) is 17.7 Å². The highest BCUT2D eigenvalue weighted by molar-refractivity contribution is 5.75. The van der Waals surface area contributed by atoms with Crippen molar-refractivity contribution in [1.82, 2.24) is 5.32 Å². The number of hydrogen-bond donors (Lipinski definition) is 2. The number of carbonyl (C=O) groups is 2. The third-order valence-corrected chi connectivity index (χ3v) is 3.44. The van der Waals surface area contributed by atoms with E-state index in [0.29, 0.717) is 32.4 Å². The minimum atomic E-state index is -0.823. The van der Waals surface area contributed by atoms with Crippen molar-refractivity contribution in [2.75, 3.05) is 13.2 Å². The number of carboxylic acid groups (broad SMARTS) is 1. The predicted octanol–water partition coefficient (Wildman–Crippen LogP) is 3.12. The monoisotopic (exact) mass is 321 g/mol. The molecule has 0 radical (unpaired) electrons. The standard InChI is InChI=1S/C18H27NO4/c1-18(2,3)14-7-6-8-15(13-14)23-12-11-19-16(20)9-4-5-10-17(21)22/h6-8,13H,4-5,9-12H2,1-3H3,(H,19,20)(H,21,22). The van der Waals surface area contributed by atoms with Crippen LogP contribution in [0.2, 0.25) is 0 Å². The molecule has 0 bridgehead atoms. The summed E-state index contributed by atoms with van der Waals surface area (Å²) in [7, 11) is 0. The molecule has 0 saturated carbocycles. The first kappa shape index (κ1) is 19.0. The predicted molar refractivity (Wildman–Crippen MR) is 89.8 cm³/mol. The molecule has 128 valence electrons. The van der Waals surface area contributed by atoms with Crippen LogP contribution >= 0.6 is 0 Å². The molecule has 5 heteroatoms. The molecule has 1 amide bonds. The number of amides is 1. The molecule has 1 aromatic rings. The highest BCUT2D eigenvalue weighted by atomic mass is 16.5. The second kappa shape index (κ2) is 9.18. The van der Waals surface area contributed by atoms with Crippen LogP contribution in [0.5, 0.6) is 5.75 Å². The lowest BCUT2D eigenvalue weighted by Gasteiger charge is -2.19. The molecule has 0 aromatic heterocycles. The van der Waals surface area contributed by atoms with Crippen LogP contribution in [-0.2, 0) is 15.0 Å². The van der Waals surface area contributed by atoms with E-state index in [9.17, 15) is 9.59 Å². The number of benzene rings is 1. The molecule has 0 fully saturated rings. The van der Waals surface area contributed by atoms with Gasteiger partial charge in [0.05, 0.1) is 6.54 Å². The zero-order chi connectivity index (χ0) is 17.3. The van der Waals surface area contributed by atoms with Crippen molar-refractivity contribution < 1.29 is 19.4 Å². The summed E-state index contributed by atoms with van der Waals surface area (Å²) in [5.74, 6) is -0.0909. The van der Waals surface area contributed by atoms with E-state index >= 15 is 0 Å². The zero-order valence-electron chi connectivity index (χ0n) is 14.2. The molecule has 0 spiro atoms. The van der Waals surface area contributed by atoms with E-state index in [2.05, 4.69) is 32.2 Å². The second-order valence-corrected chi connectivity index (χ2v) is 6.58. The van der Waals surface area contributed by atoms with Crippen LogP contribution < -0.4 is 10.1 Å². The number of carbonyl (C=O) groups excluding carboxylic acids is 1. The number of rotatable bonds is 9. The number of unbranched alkanes of at least 4 members (excludes halogenated alkanes) is 1. The van der Waals surface area contributed by atoms with Crippen LogP contribution in [0.15, 0.2) is 24.3 Å². The van der Waals surface area contributed by atoms with Crippen LogP contribution in [0.4, 0.5) is 0 Å². The van der Waals surface area contributed by atoms with E-state index in [1.165, 1.54) is 5.56 Å². The summed E-state index contributed by atoms with van der Waals surface area (Å²) in [6, 6.07) is 7.97. The van der Waals surface area contributed by atoms with Gasteiger partial charge in [0.1, 0.15) is 12.4 Å². The fraction of sp³-hybridized carbons (Fsp3) is 0.556. The number of ether oxygens (including phenoxy) is 1. The molecule has 1 aromatic carbocycles. The summed E-state index contributed by atoms with van der Waals surface area (Å²) in [4.78, 5) is 21.9. The normalized spacial score (nSPS) is 11.1. The van der Waals surface area contributed by atoms with Crippen LogP contribution in [0.1, 0.15) is 52.0 Å². The fourth-order valence-electron chi connectivity index (χ4n) is 2.06. The Morgan fingerprint density at radius 3 is 2.52 bits per heavy atom. The molecule has 5 nitrogen and oxygen atoms in total. The minimum Gasteiger partial charge on any atom is -0.492 e. The van der Waals surface area contributed by atoms with Gasteiger partial charge in [-0.2, -0.15) is 0 Å². The molecule has 2 N–H and O–H groups in total. The van der Waals surface area contributed by atoms with E-state index in [1.54, 1.807) is 0 Å². The van der Waals surface area contributed by atoms with Crippen molar-refractivity contribution in [3.05, 3.63) is 29.8 Å². The van der Waals surface area contributed by atoms with Gasteiger partial charge in [0.25, 0.3) is 0 Å². The van der Waals surface area contributed by atoms with Crippen molar-refractivity contribution >= 4 is 11.9 Å². The van der Waals surface area contributed by atoms with Gasteiger partial charge in [-0.1, -0.05) is 32.9 Å². The van der Waals surface area contributed by atoms with Gasteiger partial charge < -0.3 is 15.2 Å². The average molecular weight is 321 g/mol. The summed E-state index contributed by atoms with van der Waals surface area (Å²) >= 11 is 0. The second-order valence-electron chi connectivity index (χ2n) is 6.58. The highest BCUT2D eigenvalue weighted by Gasteiger charge is 2.13. The van der Waals surface area contributed by atoms with Gasteiger partial charge in [0, 0.05) is 12.8 Å². The molecule has 0 unspecified atom stereocenters. The van der Waals surface area contributed by atoms with Gasteiger partial charge >= 0.3 is 5.97 Å². The fourth-order valence-corrected chi connectivity index (χ4v) is 2.06. The maximum atomic E-state index is 11.6.